The molecule has 4 heteroatoms. The van der Waals surface area contributed by atoms with Gasteiger partial charge in [0.05, 0.1) is 0 Å². The predicted molar refractivity (Wildman–Crippen MR) is 78.2 cm³/mol. The smallest absolute Gasteiger partial charge is 0.108 e. The van der Waals surface area contributed by atoms with Crippen LogP contribution in [0.3, 0.4) is 0 Å². The van der Waals surface area contributed by atoms with Crippen molar-refractivity contribution in [1.82, 2.24) is 9.55 Å². The molecule has 1 aromatic carbocycles. The van der Waals surface area contributed by atoms with Gasteiger partial charge in [0.1, 0.15) is 5.82 Å². The van der Waals surface area contributed by atoms with E-state index in [0.717, 1.165) is 37.3 Å². The van der Waals surface area contributed by atoms with Crippen LogP contribution in [0.1, 0.15) is 24.4 Å². The minimum absolute atomic E-state index is 0.801. The van der Waals surface area contributed by atoms with Crippen molar-refractivity contribution < 1.29 is 0 Å². The first-order chi connectivity index (χ1) is 9.33. The van der Waals surface area contributed by atoms with Crippen molar-refractivity contribution in [3.63, 3.8) is 0 Å². The number of hydrogen-bond acceptors (Lipinski definition) is 3. The molecule has 0 radical (unpaired) electrons. The summed E-state index contributed by atoms with van der Waals surface area (Å²) in [6, 6.07) is 7.87. The van der Waals surface area contributed by atoms with Gasteiger partial charge in [0.2, 0.25) is 0 Å². The Morgan fingerprint density at radius 2 is 2.05 bits per heavy atom. The maximum Gasteiger partial charge on any atom is 0.108 e. The molecular formula is C15H20N4. The number of benzene rings is 1. The quantitative estimate of drug-likeness (QED) is 0.826. The number of nitrogens with one attached hydrogen (secondary N) is 1. The van der Waals surface area contributed by atoms with Gasteiger partial charge in [-0.2, -0.15) is 0 Å². The zero-order chi connectivity index (χ0) is 13.1. The number of nitrogen functional groups attached to an aromatic ring is 1. The fourth-order valence-electron chi connectivity index (χ4n) is 2.61. The first-order valence-electron chi connectivity index (χ1n) is 6.95. The van der Waals surface area contributed by atoms with Crippen LogP contribution in [0.15, 0.2) is 30.5 Å². The van der Waals surface area contributed by atoms with Crippen LogP contribution in [0.5, 0.6) is 0 Å². The number of fused-ring (bicyclic) bond motifs is 1. The van der Waals surface area contributed by atoms with Gasteiger partial charge in [-0.15, -0.1) is 0 Å². The molecule has 0 unspecified atom stereocenters. The Kier molecular flexibility index (Phi) is 3.40. The van der Waals surface area contributed by atoms with Crippen LogP contribution >= 0.6 is 0 Å². The molecule has 0 fully saturated rings. The number of nitrogens with two attached hydrogens (primary N) is 1. The third-order valence-corrected chi connectivity index (χ3v) is 3.67. The predicted octanol–water partition coefficient (Wildman–Crippen LogP) is 2.46. The molecule has 100 valence electrons. The SMILES string of the molecule is Nc1ccc(NCCc2cnc3n2CCCC3)cc1. The van der Waals surface area contributed by atoms with Gasteiger partial charge in [0.25, 0.3) is 0 Å². The fourth-order valence-corrected chi connectivity index (χ4v) is 2.61. The molecule has 1 aliphatic heterocycles. The largest absolute Gasteiger partial charge is 0.399 e. The van der Waals surface area contributed by atoms with E-state index in [2.05, 4.69) is 14.9 Å². The van der Waals surface area contributed by atoms with Crippen molar-refractivity contribution in [3.05, 3.63) is 42.0 Å². The number of rotatable bonds is 4. The van der Waals surface area contributed by atoms with Crippen LogP contribution in [-0.4, -0.2) is 16.1 Å². The van der Waals surface area contributed by atoms with E-state index < -0.39 is 0 Å². The fraction of sp³-hybridized carbons (Fsp3) is 0.400. The van der Waals surface area contributed by atoms with Crippen molar-refractivity contribution in [2.75, 3.05) is 17.6 Å². The van der Waals surface area contributed by atoms with Gasteiger partial charge in [-0.05, 0) is 37.1 Å². The van der Waals surface area contributed by atoms with Crippen LogP contribution in [0, 0.1) is 0 Å². The van der Waals surface area contributed by atoms with Gasteiger partial charge in [0, 0.05) is 49.2 Å². The van der Waals surface area contributed by atoms with Crippen molar-refractivity contribution in [3.8, 4) is 0 Å². The second-order valence-corrected chi connectivity index (χ2v) is 5.07. The maximum absolute atomic E-state index is 5.67. The number of aryl methyl sites for hydroxylation is 1. The molecule has 4 nitrogen and oxygen atoms in total. The van der Waals surface area contributed by atoms with Crippen molar-refractivity contribution in [2.45, 2.75) is 32.2 Å². The molecule has 1 aromatic heterocycles. The minimum Gasteiger partial charge on any atom is -0.399 e. The molecule has 0 aliphatic carbocycles. The molecule has 0 amide bonds. The Labute approximate surface area is 113 Å². The van der Waals surface area contributed by atoms with Crippen molar-refractivity contribution in [1.29, 1.82) is 0 Å². The summed E-state index contributed by atoms with van der Waals surface area (Å²) >= 11 is 0. The van der Waals surface area contributed by atoms with E-state index >= 15 is 0 Å². The molecule has 19 heavy (non-hydrogen) atoms. The molecule has 2 aromatic rings. The van der Waals surface area contributed by atoms with Gasteiger partial charge in [0.15, 0.2) is 0 Å². The molecule has 3 rings (SSSR count). The van der Waals surface area contributed by atoms with Gasteiger partial charge in [-0.3, -0.25) is 0 Å². The highest BCUT2D eigenvalue weighted by molar-refractivity contribution is 5.51. The topological polar surface area (TPSA) is 55.9 Å². The summed E-state index contributed by atoms with van der Waals surface area (Å²) in [4.78, 5) is 4.51. The number of aromatic nitrogens is 2. The zero-order valence-electron chi connectivity index (χ0n) is 11.1. The van der Waals surface area contributed by atoms with Gasteiger partial charge >= 0.3 is 0 Å². The Morgan fingerprint density at radius 1 is 1.21 bits per heavy atom. The normalized spacial score (nSPS) is 14.1. The van der Waals surface area contributed by atoms with Crippen LogP contribution in [0.4, 0.5) is 11.4 Å². The first-order valence-corrected chi connectivity index (χ1v) is 6.95. The van der Waals surface area contributed by atoms with Gasteiger partial charge in [-0.1, -0.05) is 0 Å². The highest BCUT2D eigenvalue weighted by Crippen LogP contribution is 2.17. The van der Waals surface area contributed by atoms with E-state index in [1.165, 1.54) is 24.4 Å². The summed E-state index contributed by atoms with van der Waals surface area (Å²) in [6.07, 6.45) is 6.73. The third kappa shape index (κ3) is 2.72. The van der Waals surface area contributed by atoms with Crippen LogP contribution in [0.2, 0.25) is 0 Å². The third-order valence-electron chi connectivity index (χ3n) is 3.67. The lowest BCUT2D eigenvalue weighted by molar-refractivity contribution is 0.509. The van der Waals surface area contributed by atoms with Gasteiger partial charge in [-0.25, -0.2) is 4.98 Å². The molecule has 0 saturated heterocycles. The lowest BCUT2D eigenvalue weighted by Gasteiger charge is -2.16. The first kappa shape index (κ1) is 12.1. The van der Waals surface area contributed by atoms with Crippen LogP contribution < -0.4 is 11.1 Å². The lowest BCUT2D eigenvalue weighted by Crippen LogP contribution is -2.15. The second kappa shape index (κ2) is 5.34. The molecular weight excluding hydrogens is 236 g/mol. The average molecular weight is 256 g/mol. The zero-order valence-corrected chi connectivity index (χ0v) is 11.1. The Balaban J connectivity index is 1.57. The highest BCUT2D eigenvalue weighted by Gasteiger charge is 2.13. The molecule has 2 heterocycles. The monoisotopic (exact) mass is 256 g/mol. The minimum atomic E-state index is 0.801. The molecule has 0 saturated carbocycles. The van der Waals surface area contributed by atoms with Crippen molar-refractivity contribution in [2.24, 2.45) is 0 Å². The number of nitrogens with zero attached hydrogens (tertiary/aromatic N) is 2. The van der Waals surface area contributed by atoms with Crippen LogP contribution in [0.25, 0.3) is 0 Å². The maximum atomic E-state index is 5.67. The van der Waals surface area contributed by atoms with E-state index in [9.17, 15) is 0 Å². The van der Waals surface area contributed by atoms with E-state index in [4.69, 9.17) is 5.73 Å². The van der Waals surface area contributed by atoms with E-state index in [-0.39, 0.29) is 0 Å². The number of anilines is 2. The highest BCUT2D eigenvalue weighted by atomic mass is 15.1. The summed E-state index contributed by atoms with van der Waals surface area (Å²) < 4.78 is 2.38. The molecule has 1 aliphatic rings. The molecule has 0 spiro atoms. The molecule has 0 atom stereocenters. The van der Waals surface area contributed by atoms with E-state index in [1.807, 2.05) is 30.5 Å². The Bertz CT molecular complexity index is 542. The second-order valence-electron chi connectivity index (χ2n) is 5.07. The number of hydrogen-bond donors (Lipinski definition) is 2. The summed E-state index contributed by atoms with van der Waals surface area (Å²) in [7, 11) is 0. The lowest BCUT2D eigenvalue weighted by atomic mass is 10.1. The van der Waals surface area contributed by atoms with Gasteiger partial charge < -0.3 is 15.6 Å². The van der Waals surface area contributed by atoms with E-state index in [1.54, 1.807) is 0 Å². The molecule has 0 bridgehead atoms. The summed E-state index contributed by atoms with van der Waals surface area (Å²) in [5.41, 5.74) is 8.93. The number of imidazole rings is 1. The summed E-state index contributed by atoms with van der Waals surface area (Å²) in [5.74, 6) is 1.26. The Morgan fingerprint density at radius 3 is 2.89 bits per heavy atom. The van der Waals surface area contributed by atoms with Crippen molar-refractivity contribution >= 4 is 11.4 Å². The standard InChI is InChI=1S/C15H20N4/c16-12-4-6-13(7-5-12)17-9-8-14-11-18-15-3-1-2-10-19(14)15/h4-7,11,17H,1-3,8-10,16H2. The summed E-state index contributed by atoms with van der Waals surface area (Å²) in [5, 5.41) is 3.42. The summed E-state index contributed by atoms with van der Waals surface area (Å²) in [6.45, 7) is 2.06. The van der Waals surface area contributed by atoms with Crippen LogP contribution in [-0.2, 0) is 19.4 Å². The average Bonchev–Trinajstić information content (AvgIpc) is 2.85. The Hall–Kier alpha value is -1.97. The molecule has 3 N–H and O–H groups in total. The van der Waals surface area contributed by atoms with E-state index in [0.29, 0.717) is 0 Å².